The fourth-order valence-corrected chi connectivity index (χ4v) is 2.76. The fraction of sp³-hybridized carbons (Fsp3) is 0.176. The van der Waals surface area contributed by atoms with Crippen molar-refractivity contribution in [2.45, 2.75) is 20.4 Å². The second-order valence-electron chi connectivity index (χ2n) is 5.57. The molecule has 0 saturated carbocycles. The molecule has 0 aliphatic carbocycles. The van der Waals surface area contributed by atoms with E-state index in [1.54, 1.807) is 33.3 Å². The molecule has 0 aliphatic heterocycles. The van der Waals surface area contributed by atoms with E-state index in [0.717, 1.165) is 27.9 Å². The molecule has 3 aromatic rings. The SMILES string of the molecule is Cc1ccc(CNC(=O)I)cc1Nc1ncnn2cc([C-]=O)c(C)c12.[W]. The molecule has 0 saturated heterocycles. The molecule has 0 aliphatic rings. The van der Waals surface area contributed by atoms with Crippen LogP contribution in [0, 0.1) is 13.8 Å². The molecule has 9 heteroatoms. The van der Waals surface area contributed by atoms with Crippen LogP contribution in [0.1, 0.15) is 22.3 Å². The number of aryl methyl sites for hydroxylation is 2. The number of nitrogens with one attached hydrogen (secondary N) is 2. The number of carbonyl (C=O) groups is 1. The van der Waals surface area contributed by atoms with Gasteiger partial charge in [-0.15, -0.1) is 11.1 Å². The van der Waals surface area contributed by atoms with Crippen LogP contribution >= 0.6 is 22.6 Å². The molecule has 0 unspecified atom stereocenters. The molecule has 2 aromatic heterocycles. The number of rotatable bonds is 5. The summed E-state index contributed by atoms with van der Waals surface area (Å²) in [6.07, 6.45) is 4.97. The summed E-state index contributed by atoms with van der Waals surface area (Å²) in [6.45, 7) is 4.27. The standard InChI is InChI=1S/C17H15IN5O2.W/c1-10-3-4-12(6-19-17(18)25)5-14(10)22-16-15-11(2)13(8-24)7-23(15)21-9-20-16;/h3-5,7,9H,6H2,1-2H3,(H,19,25)(H,20,21,22);/q-1;. The largest absolute Gasteiger partial charge is 0.376 e. The first-order valence-corrected chi connectivity index (χ1v) is 8.58. The van der Waals surface area contributed by atoms with Crippen molar-refractivity contribution < 1.29 is 30.7 Å². The molecule has 134 valence electrons. The van der Waals surface area contributed by atoms with E-state index in [9.17, 15) is 9.59 Å². The summed E-state index contributed by atoms with van der Waals surface area (Å²) in [5, 5.41) is 10.2. The summed E-state index contributed by atoms with van der Waals surface area (Å²) in [5.74, 6) is 0.604. The van der Waals surface area contributed by atoms with E-state index in [0.29, 0.717) is 17.9 Å². The van der Waals surface area contributed by atoms with E-state index in [1.165, 1.54) is 6.33 Å². The molecule has 1 aromatic carbocycles. The van der Waals surface area contributed by atoms with Gasteiger partial charge in [0.15, 0.2) is 0 Å². The maximum atomic E-state index is 11.1. The number of hydrogen-bond acceptors (Lipinski definition) is 5. The van der Waals surface area contributed by atoms with E-state index in [4.69, 9.17) is 0 Å². The average Bonchev–Trinajstić information content (AvgIpc) is 2.92. The molecule has 0 radical (unpaired) electrons. The van der Waals surface area contributed by atoms with Gasteiger partial charge in [0, 0.05) is 61.4 Å². The normalized spacial score (nSPS) is 10.3. The summed E-state index contributed by atoms with van der Waals surface area (Å²) in [5.41, 5.74) is 4.83. The van der Waals surface area contributed by atoms with Crippen LogP contribution < -0.4 is 10.6 Å². The average molecular weight is 632 g/mol. The van der Waals surface area contributed by atoms with Gasteiger partial charge in [-0.3, -0.25) is 4.79 Å². The van der Waals surface area contributed by atoms with Crippen molar-refractivity contribution in [3.05, 3.63) is 53.0 Å². The number of halogens is 1. The third-order valence-electron chi connectivity index (χ3n) is 3.92. The molecule has 2 heterocycles. The maximum absolute atomic E-state index is 11.1. The van der Waals surface area contributed by atoms with Crippen molar-refractivity contribution in [3.63, 3.8) is 0 Å². The van der Waals surface area contributed by atoms with E-state index in [1.807, 2.05) is 38.3 Å². The van der Waals surface area contributed by atoms with Crippen LogP contribution in [-0.2, 0) is 32.4 Å². The topological polar surface area (TPSA) is 88.4 Å². The van der Waals surface area contributed by atoms with Crippen LogP contribution in [0.25, 0.3) is 5.52 Å². The molecular formula is C17H15IN5O2W-. The van der Waals surface area contributed by atoms with Gasteiger partial charge in [0.1, 0.15) is 12.1 Å². The number of hydrogen-bond donors (Lipinski definition) is 2. The van der Waals surface area contributed by atoms with Gasteiger partial charge >= 0.3 is 0 Å². The minimum absolute atomic E-state index is 0. The molecule has 26 heavy (non-hydrogen) atoms. The minimum Gasteiger partial charge on any atom is -0.376 e. The number of benzene rings is 1. The smallest absolute Gasteiger partial charge is 0.280 e. The van der Waals surface area contributed by atoms with Crippen molar-refractivity contribution in [2.24, 2.45) is 0 Å². The first-order chi connectivity index (χ1) is 12.0. The Morgan fingerprint density at radius 3 is 2.81 bits per heavy atom. The first kappa shape index (κ1) is 20.5. The van der Waals surface area contributed by atoms with Crippen molar-refractivity contribution in [1.29, 1.82) is 0 Å². The summed E-state index contributed by atoms with van der Waals surface area (Å²) in [6, 6.07) is 5.90. The van der Waals surface area contributed by atoms with E-state index in [-0.39, 0.29) is 25.0 Å². The Hall–Kier alpha value is -1.80. The van der Waals surface area contributed by atoms with Crippen molar-refractivity contribution in [3.8, 4) is 0 Å². The maximum Gasteiger partial charge on any atom is 0.280 e. The molecule has 0 fully saturated rings. The van der Waals surface area contributed by atoms with Gasteiger partial charge in [-0.05, 0) is 24.1 Å². The summed E-state index contributed by atoms with van der Waals surface area (Å²) >= 11 is 1.71. The monoisotopic (exact) mass is 632 g/mol. The number of aromatic nitrogens is 3. The number of amides is 1. The summed E-state index contributed by atoms with van der Waals surface area (Å²) in [4.78, 5) is 26.4. The predicted octanol–water partition coefficient (Wildman–Crippen LogP) is 3.19. The first-order valence-electron chi connectivity index (χ1n) is 7.50. The Morgan fingerprint density at radius 2 is 2.12 bits per heavy atom. The van der Waals surface area contributed by atoms with Gasteiger partial charge < -0.3 is 19.9 Å². The quantitative estimate of drug-likeness (QED) is 0.196. The molecule has 3 rings (SSSR count). The number of nitrogens with zero attached hydrogens (tertiary/aromatic N) is 3. The van der Waals surface area contributed by atoms with Crippen molar-refractivity contribution in [2.75, 3.05) is 5.32 Å². The Bertz CT molecular complexity index is 973. The second kappa shape index (κ2) is 8.72. The van der Waals surface area contributed by atoms with Gasteiger partial charge in [-0.2, -0.15) is 5.10 Å². The molecule has 0 bridgehead atoms. The van der Waals surface area contributed by atoms with Crippen LogP contribution in [0.4, 0.5) is 16.3 Å². The zero-order valence-electron chi connectivity index (χ0n) is 14.0. The van der Waals surface area contributed by atoms with E-state index >= 15 is 0 Å². The molecule has 0 spiro atoms. The van der Waals surface area contributed by atoms with Gasteiger partial charge in [0.25, 0.3) is 3.91 Å². The molecule has 7 nitrogen and oxygen atoms in total. The number of anilines is 2. The summed E-state index contributed by atoms with van der Waals surface area (Å²) in [7, 11) is 0. The Morgan fingerprint density at radius 1 is 1.35 bits per heavy atom. The third-order valence-corrected chi connectivity index (χ3v) is 4.30. The van der Waals surface area contributed by atoms with Crippen molar-refractivity contribution in [1.82, 2.24) is 19.9 Å². The van der Waals surface area contributed by atoms with Crippen LogP contribution in [0.5, 0.6) is 0 Å². The zero-order chi connectivity index (χ0) is 18.0. The van der Waals surface area contributed by atoms with E-state index in [2.05, 4.69) is 20.7 Å². The Kier molecular flexibility index (Phi) is 6.88. The van der Waals surface area contributed by atoms with Gasteiger partial charge in [-0.25, -0.2) is 4.98 Å². The van der Waals surface area contributed by atoms with Gasteiger partial charge in [-0.1, -0.05) is 25.3 Å². The van der Waals surface area contributed by atoms with Crippen LogP contribution in [0.15, 0.2) is 30.7 Å². The molecule has 2 N–H and O–H groups in total. The number of fused-ring (bicyclic) bond motifs is 1. The van der Waals surface area contributed by atoms with Gasteiger partial charge in [0.05, 0.1) is 6.29 Å². The van der Waals surface area contributed by atoms with Gasteiger partial charge in [0.2, 0.25) is 0 Å². The predicted molar refractivity (Wildman–Crippen MR) is 103 cm³/mol. The third kappa shape index (κ3) is 4.29. The molecular weight excluding hydrogens is 617 g/mol. The van der Waals surface area contributed by atoms with Crippen molar-refractivity contribution >= 4 is 49.8 Å². The van der Waals surface area contributed by atoms with Crippen LogP contribution in [-0.4, -0.2) is 24.8 Å². The Labute approximate surface area is 178 Å². The number of carbonyl (C=O) groups excluding carboxylic acids is 2. The summed E-state index contributed by atoms with van der Waals surface area (Å²) < 4.78 is 1.51. The Balaban J connectivity index is 0.00000243. The van der Waals surface area contributed by atoms with Crippen LogP contribution in [0.2, 0.25) is 0 Å². The zero-order valence-corrected chi connectivity index (χ0v) is 19.1. The van der Waals surface area contributed by atoms with Crippen LogP contribution in [0.3, 0.4) is 0 Å². The molecule has 0 atom stereocenters. The molecule has 1 amide bonds. The fourth-order valence-electron chi connectivity index (χ4n) is 2.57. The second-order valence-corrected chi connectivity index (χ2v) is 6.55. The van der Waals surface area contributed by atoms with E-state index < -0.39 is 0 Å². The minimum atomic E-state index is -0.105.